The van der Waals surface area contributed by atoms with Crippen LogP contribution in [0.15, 0.2) is 9.52 Å². The molecule has 1 heterocycles. The second kappa shape index (κ2) is 11.0. The smallest absolute Gasteiger partial charge is 0.228 e. The Hall–Kier alpha value is -1.67. The quantitative estimate of drug-likeness (QED) is 0.360. The van der Waals surface area contributed by atoms with Gasteiger partial charge in [-0.25, -0.2) is 0 Å². The summed E-state index contributed by atoms with van der Waals surface area (Å²) in [6.45, 7) is 5.25. The maximum Gasteiger partial charge on any atom is 0.228 e. The van der Waals surface area contributed by atoms with Crippen LogP contribution >= 0.6 is 0 Å². The van der Waals surface area contributed by atoms with Crippen LogP contribution in [0.3, 0.4) is 0 Å². The van der Waals surface area contributed by atoms with Gasteiger partial charge in [0.05, 0.1) is 13.2 Å². The van der Waals surface area contributed by atoms with E-state index in [1.54, 1.807) is 21.1 Å². The molecule has 0 saturated carbocycles. The Labute approximate surface area is 125 Å². The van der Waals surface area contributed by atoms with Crippen molar-refractivity contribution in [2.75, 3.05) is 47.1 Å². The van der Waals surface area contributed by atoms with Gasteiger partial charge in [0, 0.05) is 40.3 Å². The normalized spacial score (nSPS) is 11.7. The molecule has 0 radical (unpaired) electrons. The third-order valence-corrected chi connectivity index (χ3v) is 2.61. The minimum absolute atomic E-state index is 0.627. The first-order chi connectivity index (χ1) is 10.3. The van der Waals surface area contributed by atoms with Crippen molar-refractivity contribution in [3.8, 4) is 0 Å². The lowest BCUT2D eigenvalue weighted by molar-refractivity contribution is 0.0698. The topological polar surface area (TPSA) is 93.8 Å². The van der Waals surface area contributed by atoms with Gasteiger partial charge in [0.25, 0.3) is 0 Å². The van der Waals surface area contributed by atoms with E-state index in [0.29, 0.717) is 44.5 Å². The van der Waals surface area contributed by atoms with Gasteiger partial charge in [-0.1, -0.05) is 5.16 Å². The lowest BCUT2D eigenvalue weighted by Crippen LogP contribution is -2.39. The Morgan fingerprint density at radius 1 is 1.24 bits per heavy atom. The zero-order valence-electron chi connectivity index (χ0n) is 13.0. The van der Waals surface area contributed by atoms with E-state index >= 15 is 0 Å². The maximum absolute atomic E-state index is 5.38. The molecule has 0 bridgehead atoms. The first kappa shape index (κ1) is 17.4. The van der Waals surface area contributed by atoms with Gasteiger partial charge < -0.3 is 24.6 Å². The predicted molar refractivity (Wildman–Crippen MR) is 79.4 cm³/mol. The third kappa shape index (κ3) is 8.26. The molecule has 0 unspecified atom stereocenters. The van der Waals surface area contributed by atoms with E-state index in [4.69, 9.17) is 14.0 Å². The minimum atomic E-state index is 0.627. The van der Waals surface area contributed by atoms with Crippen LogP contribution in [-0.4, -0.2) is 63.2 Å². The van der Waals surface area contributed by atoms with Crippen molar-refractivity contribution in [2.24, 2.45) is 4.99 Å². The molecule has 1 aromatic rings. The third-order valence-electron chi connectivity index (χ3n) is 2.61. The lowest BCUT2D eigenvalue weighted by Gasteiger charge is -2.11. The average molecular weight is 299 g/mol. The monoisotopic (exact) mass is 299 g/mol. The summed E-state index contributed by atoms with van der Waals surface area (Å²) in [6.07, 6.45) is 1.58. The van der Waals surface area contributed by atoms with Crippen LogP contribution in [0.4, 0.5) is 0 Å². The number of aromatic nitrogens is 2. The molecule has 0 atom stereocenters. The number of aliphatic imine (C=N–C) groups is 1. The fourth-order valence-electron chi connectivity index (χ4n) is 1.58. The summed E-state index contributed by atoms with van der Waals surface area (Å²) >= 11 is 0. The Balaban J connectivity index is 2.04. The summed E-state index contributed by atoms with van der Waals surface area (Å²) in [5.41, 5.74) is 0. The highest BCUT2D eigenvalue weighted by Gasteiger charge is 2.03. The predicted octanol–water partition coefficient (Wildman–Crippen LogP) is 0.139. The van der Waals surface area contributed by atoms with Crippen molar-refractivity contribution in [1.29, 1.82) is 0 Å². The Morgan fingerprint density at radius 3 is 2.71 bits per heavy atom. The van der Waals surface area contributed by atoms with Crippen molar-refractivity contribution in [2.45, 2.75) is 19.8 Å². The maximum atomic E-state index is 5.38. The highest BCUT2D eigenvalue weighted by atomic mass is 16.5. The van der Waals surface area contributed by atoms with Gasteiger partial charge in [0.1, 0.15) is 0 Å². The fourth-order valence-corrected chi connectivity index (χ4v) is 1.58. The molecule has 0 fully saturated rings. The molecular formula is C13H25N5O3. The van der Waals surface area contributed by atoms with E-state index in [1.807, 2.05) is 0 Å². The molecule has 0 aliphatic rings. The van der Waals surface area contributed by atoms with Gasteiger partial charge in [0.2, 0.25) is 5.89 Å². The van der Waals surface area contributed by atoms with E-state index in [1.165, 1.54) is 0 Å². The molecule has 0 saturated heterocycles. The average Bonchev–Trinajstić information content (AvgIpc) is 2.90. The standard InChI is InChI=1S/C13H25N5O3/c1-11-17-12(21-18-11)5-7-16-13(14-2)15-6-4-8-20-10-9-19-3/h4-10H2,1-3H3,(H2,14,15,16). The molecule has 8 heteroatoms. The van der Waals surface area contributed by atoms with Gasteiger partial charge in [-0.15, -0.1) is 0 Å². The number of nitrogens with zero attached hydrogens (tertiary/aromatic N) is 3. The van der Waals surface area contributed by atoms with Crippen molar-refractivity contribution in [3.63, 3.8) is 0 Å². The lowest BCUT2D eigenvalue weighted by atomic mass is 10.4. The zero-order valence-corrected chi connectivity index (χ0v) is 13.0. The largest absolute Gasteiger partial charge is 0.382 e. The van der Waals surface area contributed by atoms with Crippen LogP contribution in [0.1, 0.15) is 18.1 Å². The molecule has 0 aliphatic heterocycles. The summed E-state index contributed by atoms with van der Waals surface area (Å²) in [7, 11) is 3.40. The van der Waals surface area contributed by atoms with E-state index in [0.717, 1.165) is 18.9 Å². The molecule has 21 heavy (non-hydrogen) atoms. The van der Waals surface area contributed by atoms with Crippen LogP contribution in [0.25, 0.3) is 0 Å². The van der Waals surface area contributed by atoms with Crippen LogP contribution in [-0.2, 0) is 15.9 Å². The van der Waals surface area contributed by atoms with Crippen molar-refractivity contribution >= 4 is 5.96 Å². The van der Waals surface area contributed by atoms with Crippen LogP contribution < -0.4 is 10.6 Å². The molecule has 1 rings (SSSR count). The summed E-state index contributed by atoms with van der Waals surface area (Å²) in [6, 6.07) is 0. The van der Waals surface area contributed by atoms with E-state index in [2.05, 4.69) is 25.8 Å². The van der Waals surface area contributed by atoms with E-state index < -0.39 is 0 Å². The van der Waals surface area contributed by atoms with E-state index in [9.17, 15) is 0 Å². The van der Waals surface area contributed by atoms with Crippen molar-refractivity contribution in [1.82, 2.24) is 20.8 Å². The summed E-state index contributed by atoms with van der Waals surface area (Å²) in [4.78, 5) is 8.28. The number of methoxy groups -OCH3 is 1. The minimum Gasteiger partial charge on any atom is -0.382 e. The van der Waals surface area contributed by atoms with Crippen molar-refractivity contribution in [3.05, 3.63) is 11.7 Å². The second-order valence-electron chi connectivity index (χ2n) is 4.37. The second-order valence-corrected chi connectivity index (χ2v) is 4.37. The van der Waals surface area contributed by atoms with Crippen molar-refractivity contribution < 1.29 is 14.0 Å². The number of aryl methyl sites for hydroxylation is 1. The molecule has 0 aliphatic carbocycles. The molecule has 120 valence electrons. The number of hydrogen-bond donors (Lipinski definition) is 2. The Kier molecular flexibility index (Phi) is 9.14. The number of ether oxygens (including phenoxy) is 2. The molecule has 1 aromatic heterocycles. The van der Waals surface area contributed by atoms with Crippen LogP contribution in [0.2, 0.25) is 0 Å². The molecule has 0 amide bonds. The Morgan fingerprint density at radius 2 is 2.05 bits per heavy atom. The number of guanidine groups is 1. The highest BCUT2D eigenvalue weighted by molar-refractivity contribution is 5.79. The number of hydrogen-bond acceptors (Lipinski definition) is 6. The number of nitrogens with one attached hydrogen (secondary N) is 2. The van der Waals surface area contributed by atoms with E-state index in [-0.39, 0.29) is 0 Å². The Bertz CT molecular complexity index is 408. The van der Waals surface area contributed by atoms with Gasteiger partial charge in [0.15, 0.2) is 11.8 Å². The molecule has 8 nitrogen and oxygen atoms in total. The van der Waals surface area contributed by atoms with Gasteiger partial charge in [-0.2, -0.15) is 4.98 Å². The van der Waals surface area contributed by atoms with Crippen LogP contribution in [0, 0.1) is 6.92 Å². The first-order valence-corrected chi connectivity index (χ1v) is 7.06. The summed E-state index contributed by atoms with van der Waals surface area (Å²) in [5.74, 6) is 2.03. The molecule has 0 spiro atoms. The summed E-state index contributed by atoms with van der Waals surface area (Å²) in [5, 5.41) is 10.1. The first-order valence-electron chi connectivity index (χ1n) is 7.06. The molecular weight excluding hydrogens is 274 g/mol. The summed E-state index contributed by atoms with van der Waals surface area (Å²) < 4.78 is 15.3. The number of rotatable bonds is 10. The van der Waals surface area contributed by atoms with Crippen LogP contribution in [0.5, 0.6) is 0 Å². The fraction of sp³-hybridized carbons (Fsp3) is 0.769. The highest BCUT2D eigenvalue weighted by Crippen LogP contribution is 1.95. The van der Waals surface area contributed by atoms with Gasteiger partial charge >= 0.3 is 0 Å². The molecule has 0 aromatic carbocycles. The molecule has 2 N–H and O–H groups in total. The van der Waals surface area contributed by atoms with Gasteiger partial charge in [-0.3, -0.25) is 4.99 Å². The van der Waals surface area contributed by atoms with Gasteiger partial charge in [-0.05, 0) is 13.3 Å². The zero-order chi connectivity index (χ0) is 15.3. The SMILES string of the molecule is CN=C(NCCCOCCOC)NCCc1nc(C)no1.